The van der Waals surface area contributed by atoms with E-state index in [-0.39, 0.29) is 5.82 Å². The van der Waals surface area contributed by atoms with Crippen LogP contribution in [-0.4, -0.2) is 4.83 Å². The molecule has 1 rings (SSSR count). The second-order valence-electron chi connectivity index (χ2n) is 3.84. The van der Waals surface area contributed by atoms with Crippen LogP contribution in [0.4, 0.5) is 4.39 Å². The zero-order chi connectivity index (χ0) is 11.4. The molecule has 0 bridgehead atoms. The number of hydrogen-bond acceptors (Lipinski definition) is 0. The highest BCUT2D eigenvalue weighted by Crippen LogP contribution is 2.23. The topological polar surface area (TPSA) is 0 Å². The summed E-state index contributed by atoms with van der Waals surface area (Å²) < 4.78 is 13.4. The van der Waals surface area contributed by atoms with Crippen molar-refractivity contribution in [3.05, 3.63) is 34.6 Å². The first-order valence-electron chi connectivity index (χ1n) is 5.12. The van der Waals surface area contributed by atoms with Crippen LogP contribution in [0.5, 0.6) is 0 Å². The summed E-state index contributed by atoms with van der Waals surface area (Å²) in [6.07, 6.45) is 1.76. The van der Waals surface area contributed by atoms with Gasteiger partial charge in [0.25, 0.3) is 0 Å². The molecule has 0 heterocycles. The van der Waals surface area contributed by atoms with E-state index in [1.807, 2.05) is 0 Å². The minimum absolute atomic E-state index is 0.165. The Balaban J connectivity index is 2.75. The van der Waals surface area contributed by atoms with E-state index in [9.17, 15) is 4.39 Å². The summed E-state index contributed by atoms with van der Waals surface area (Å²) >= 11 is 9.42. The third-order valence-corrected chi connectivity index (χ3v) is 4.34. The molecule has 1 aromatic carbocycles. The van der Waals surface area contributed by atoms with Gasteiger partial charge in [0.2, 0.25) is 0 Å². The zero-order valence-electron chi connectivity index (χ0n) is 8.93. The second-order valence-corrected chi connectivity index (χ2v) is 5.45. The van der Waals surface area contributed by atoms with Crippen LogP contribution in [0.15, 0.2) is 18.2 Å². The van der Waals surface area contributed by atoms with Gasteiger partial charge < -0.3 is 0 Å². The summed E-state index contributed by atoms with van der Waals surface area (Å²) in [6, 6.07) is 4.72. The molecule has 1 aromatic rings. The highest BCUT2D eigenvalue weighted by molar-refractivity contribution is 9.09. The maximum atomic E-state index is 13.4. The Hall–Kier alpha value is -0.0800. The quantitative estimate of drug-likeness (QED) is 0.697. The van der Waals surface area contributed by atoms with Crippen molar-refractivity contribution in [2.45, 2.75) is 31.5 Å². The minimum Gasteiger partial charge on any atom is -0.207 e. The van der Waals surface area contributed by atoms with E-state index in [0.29, 0.717) is 21.3 Å². The van der Waals surface area contributed by atoms with Crippen molar-refractivity contribution in [3.63, 3.8) is 0 Å². The molecule has 2 unspecified atom stereocenters. The van der Waals surface area contributed by atoms with E-state index in [2.05, 4.69) is 29.8 Å². The maximum absolute atomic E-state index is 13.4. The largest absolute Gasteiger partial charge is 0.207 e. The lowest BCUT2D eigenvalue weighted by atomic mass is 9.96. The van der Waals surface area contributed by atoms with Gasteiger partial charge in [-0.25, -0.2) is 4.39 Å². The summed E-state index contributed by atoms with van der Waals surface area (Å²) in [6.45, 7) is 4.23. The number of halogens is 3. The van der Waals surface area contributed by atoms with E-state index >= 15 is 0 Å². The van der Waals surface area contributed by atoms with Gasteiger partial charge in [0, 0.05) is 9.85 Å². The van der Waals surface area contributed by atoms with Crippen molar-refractivity contribution in [1.29, 1.82) is 0 Å². The predicted octanol–water partition coefficient (Wildman–Crippen LogP) is 4.83. The summed E-state index contributed by atoms with van der Waals surface area (Å²) in [5.41, 5.74) is 0.702. The summed E-state index contributed by atoms with van der Waals surface area (Å²) in [7, 11) is 0. The van der Waals surface area contributed by atoms with Gasteiger partial charge in [0.1, 0.15) is 5.82 Å². The Morgan fingerprint density at radius 1 is 1.47 bits per heavy atom. The first-order valence-corrected chi connectivity index (χ1v) is 6.42. The third-order valence-electron chi connectivity index (χ3n) is 2.56. The first-order chi connectivity index (χ1) is 7.04. The van der Waals surface area contributed by atoms with Gasteiger partial charge in [-0.2, -0.15) is 0 Å². The average Bonchev–Trinajstić information content (AvgIpc) is 2.22. The van der Waals surface area contributed by atoms with E-state index in [4.69, 9.17) is 11.6 Å². The van der Waals surface area contributed by atoms with Crippen LogP contribution in [0.3, 0.4) is 0 Å². The molecule has 0 aliphatic rings. The smallest absolute Gasteiger partial charge is 0.126 e. The lowest BCUT2D eigenvalue weighted by Crippen LogP contribution is -2.13. The highest BCUT2D eigenvalue weighted by Gasteiger charge is 2.14. The first kappa shape index (κ1) is 13.0. The van der Waals surface area contributed by atoms with Crippen molar-refractivity contribution in [2.75, 3.05) is 0 Å². The zero-order valence-corrected chi connectivity index (χ0v) is 11.3. The van der Waals surface area contributed by atoms with E-state index in [1.54, 1.807) is 12.1 Å². The van der Waals surface area contributed by atoms with Crippen molar-refractivity contribution in [3.8, 4) is 0 Å². The molecule has 0 nitrogen and oxygen atoms in total. The Morgan fingerprint density at radius 3 is 2.73 bits per heavy atom. The van der Waals surface area contributed by atoms with Gasteiger partial charge in [-0.05, 0) is 42.5 Å². The van der Waals surface area contributed by atoms with Gasteiger partial charge in [-0.3, -0.25) is 0 Å². The molecule has 0 aliphatic heterocycles. The Bertz CT molecular complexity index is 327. The van der Waals surface area contributed by atoms with Crippen molar-refractivity contribution in [1.82, 2.24) is 0 Å². The lowest BCUT2D eigenvalue weighted by Gasteiger charge is -2.17. The SMILES string of the molecule is CCC(Br)C(C)Cc1cc(Cl)ccc1F. The molecule has 0 fully saturated rings. The average molecular weight is 294 g/mol. The lowest BCUT2D eigenvalue weighted by molar-refractivity contribution is 0.522. The van der Waals surface area contributed by atoms with Crippen molar-refractivity contribution >= 4 is 27.5 Å². The fourth-order valence-corrected chi connectivity index (χ4v) is 1.96. The van der Waals surface area contributed by atoms with E-state index < -0.39 is 0 Å². The molecular formula is C12H15BrClF. The van der Waals surface area contributed by atoms with Crippen molar-refractivity contribution in [2.24, 2.45) is 5.92 Å². The molecule has 0 N–H and O–H groups in total. The number of rotatable bonds is 4. The van der Waals surface area contributed by atoms with Gasteiger partial charge >= 0.3 is 0 Å². The second kappa shape index (κ2) is 5.86. The normalized spacial score (nSPS) is 15.0. The molecule has 84 valence electrons. The van der Waals surface area contributed by atoms with Gasteiger partial charge in [-0.15, -0.1) is 0 Å². The summed E-state index contributed by atoms with van der Waals surface area (Å²) in [4.78, 5) is 0.427. The fourth-order valence-electron chi connectivity index (χ4n) is 1.58. The molecule has 0 aliphatic carbocycles. The standard InChI is InChI=1S/C12H15BrClF/c1-3-11(13)8(2)6-9-7-10(14)4-5-12(9)15/h4-5,7-8,11H,3,6H2,1-2H3. The van der Waals surface area contributed by atoms with Gasteiger partial charge in [-0.1, -0.05) is 41.4 Å². The minimum atomic E-state index is -0.165. The number of hydrogen-bond donors (Lipinski definition) is 0. The Morgan fingerprint density at radius 2 is 2.13 bits per heavy atom. The molecule has 2 atom stereocenters. The molecule has 0 saturated heterocycles. The van der Waals surface area contributed by atoms with Crippen LogP contribution in [-0.2, 0) is 6.42 Å². The monoisotopic (exact) mass is 292 g/mol. The molecule has 0 amide bonds. The van der Waals surface area contributed by atoms with Crippen LogP contribution < -0.4 is 0 Å². The summed E-state index contributed by atoms with van der Waals surface area (Å²) in [5, 5.41) is 0.598. The van der Waals surface area contributed by atoms with Crippen LogP contribution in [0.25, 0.3) is 0 Å². The highest BCUT2D eigenvalue weighted by atomic mass is 79.9. The van der Waals surface area contributed by atoms with Crippen LogP contribution in [0.2, 0.25) is 5.02 Å². The Labute approximate surface area is 104 Å². The van der Waals surface area contributed by atoms with E-state index in [0.717, 1.165) is 12.8 Å². The molecule has 0 saturated carbocycles. The number of alkyl halides is 1. The van der Waals surface area contributed by atoms with Gasteiger partial charge in [0.15, 0.2) is 0 Å². The molecular weight excluding hydrogens is 278 g/mol. The summed E-state index contributed by atoms with van der Waals surface area (Å²) in [5.74, 6) is 0.241. The van der Waals surface area contributed by atoms with E-state index in [1.165, 1.54) is 6.07 Å². The maximum Gasteiger partial charge on any atom is 0.126 e. The molecule has 0 aromatic heterocycles. The van der Waals surface area contributed by atoms with Gasteiger partial charge in [0.05, 0.1) is 0 Å². The third kappa shape index (κ3) is 3.76. The van der Waals surface area contributed by atoms with Crippen LogP contribution >= 0.6 is 27.5 Å². The molecule has 3 heteroatoms. The molecule has 15 heavy (non-hydrogen) atoms. The fraction of sp³-hybridized carbons (Fsp3) is 0.500. The molecule has 0 radical (unpaired) electrons. The Kier molecular flexibility index (Phi) is 5.07. The van der Waals surface area contributed by atoms with Crippen molar-refractivity contribution < 1.29 is 4.39 Å². The number of benzene rings is 1. The predicted molar refractivity (Wildman–Crippen MR) is 67.3 cm³/mol. The van der Waals surface area contributed by atoms with Crippen LogP contribution in [0.1, 0.15) is 25.8 Å². The van der Waals surface area contributed by atoms with Crippen LogP contribution in [0, 0.1) is 11.7 Å². The molecule has 0 spiro atoms.